The second-order valence-electron chi connectivity index (χ2n) is 4.28. The smallest absolute Gasteiger partial charge is 0.238 e. The molecule has 1 aliphatic rings. The Labute approximate surface area is 118 Å². The van der Waals surface area contributed by atoms with Crippen molar-refractivity contribution < 1.29 is 9.59 Å². The van der Waals surface area contributed by atoms with Gasteiger partial charge in [-0.1, -0.05) is 6.07 Å². The third-order valence-corrected chi connectivity index (χ3v) is 2.85. The van der Waals surface area contributed by atoms with Crippen LogP contribution in [-0.4, -0.2) is 32.0 Å². The van der Waals surface area contributed by atoms with Crippen molar-refractivity contribution in [1.29, 1.82) is 0 Å². The molecule has 19 heavy (non-hydrogen) atoms. The maximum Gasteiger partial charge on any atom is 0.238 e. The highest BCUT2D eigenvalue weighted by atomic mass is 35.5. The van der Waals surface area contributed by atoms with Gasteiger partial charge in [0.2, 0.25) is 11.8 Å². The molecule has 1 heterocycles. The minimum absolute atomic E-state index is 0. The molecule has 1 aliphatic heterocycles. The molecule has 2 N–H and O–H groups in total. The number of benzene rings is 1. The highest BCUT2D eigenvalue weighted by Gasteiger charge is 2.21. The number of rotatable bonds is 4. The third kappa shape index (κ3) is 3.94. The molecule has 0 saturated carbocycles. The maximum atomic E-state index is 11.6. The molecule has 1 saturated heterocycles. The van der Waals surface area contributed by atoms with E-state index < -0.39 is 0 Å². The van der Waals surface area contributed by atoms with Crippen LogP contribution in [0.1, 0.15) is 12.8 Å². The van der Waals surface area contributed by atoms with Crippen molar-refractivity contribution >= 4 is 35.6 Å². The summed E-state index contributed by atoms with van der Waals surface area (Å²) >= 11 is 0. The first-order valence-electron chi connectivity index (χ1n) is 6.05. The lowest BCUT2D eigenvalue weighted by atomic mass is 10.2. The Bertz CT molecular complexity index is 465. The summed E-state index contributed by atoms with van der Waals surface area (Å²) in [4.78, 5) is 24.9. The summed E-state index contributed by atoms with van der Waals surface area (Å²) in [6.07, 6.45) is 1.51. The van der Waals surface area contributed by atoms with E-state index in [4.69, 9.17) is 0 Å². The van der Waals surface area contributed by atoms with E-state index >= 15 is 0 Å². The molecule has 0 bridgehead atoms. The molecule has 0 aromatic heterocycles. The summed E-state index contributed by atoms with van der Waals surface area (Å²) in [5, 5.41) is 5.57. The van der Waals surface area contributed by atoms with E-state index in [0.29, 0.717) is 12.1 Å². The van der Waals surface area contributed by atoms with Gasteiger partial charge in [-0.2, -0.15) is 0 Å². The van der Waals surface area contributed by atoms with Gasteiger partial charge in [0.25, 0.3) is 0 Å². The van der Waals surface area contributed by atoms with Crippen molar-refractivity contribution in [2.75, 3.05) is 30.4 Å². The third-order valence-electron chi connectivity index (χ3n) is 2.85. The molecule has 2 amide bonds. The Balaban J connectivity index is 0.00000180. The number of carbonyl (C=O) groups excluding carboxylic acids is 2. The molecule has 1 fully saturated rings. The highest BCUT2D eigenvalue weighted by Crippen LogP contribution is 2.24. The van der Waals surface area contributed by atoms with Gasteiger partial charge in [0, 0.05) is 24.3 Å². The minimum atomic E-state index is -0.0950. The molecule has 0 radical (unpaired) electrons. The molecule has 6 heteroatoms. The van der Waals surface area contributed by atoms with Gasteiger partial charge in [-0.3, -0.25) is 9.59 Å². The van der Waals surface area contributed by atoms with Crippen LogP contribution >= 0.6 is 12.4 Å². The predicted octanol–water partition coefficient (Wildman–Crippen LogP) is 1.39. The highest BCUT2D eigenvalue weighted by molar-refractivity contribution is 5.97. The Morgan fingerprint density at radius 1 is 1.42 bits per heavy atom. The number of halogens is 1. The summed E-state index contributed by atoms with van der Waals surface area (Å²) in [7, 11) is 1.72. The summed E-state index contributed by atoms with van der Waals surface area (Å²) in [6.45, 7) is 1.03. The molecule has 0 atom stereocenters. The van der Waals surface area contributed by atoms with E-state index in [1.165, 1.54) is 0 Å². The molecule has 1 aromatic rings. The van der Waals surface area contributed by atoms with Crippen LogP contribution < -0.4 is 15.5 Å². The molecule has 0 aliphatic carbocycles. The van der Waals surface area contributed by atoms with Crippen LogP contribution in [0.25, 0.3) is 0 Å². The molecule has 0 spiro atoms. The van der Waals surface area contributed by atoms with Crippen LogP contribution in [0, 0.1) is 0 Å². The van der Waals surface area contributed by atoms with Crippen molar-refractivity contribution in [1.82, 2.24) is 5.32 Å². The monoisotopic (exact) mass is 283 g/mol. The molecule has 2 rings (SSSR count). The Morgan fingerprint density at radius 3 is 2.84 bits per heavy atom. The molecule has 0 unspecified atom stereocenters. The van der Waals surface area contributed by atoms with Crippen molar-refractivity contribution in [3.63, 3.8) is 0 Å². The van der Waals surface area contributed by atoms with E-state index in [2.05, 4.69) is 10.6 Å². The van der Waals surface area contributed by atoms with Gasteiger partial charge in [0.05, 0.1) is 6.54 Å². The van der Waals surface area contributed by atoms with E-state index in [1.54, 1.807) is 11.9 Å². The number of hydrogen-bond donors (Lipinski definition) is 2. The first-order valence-corrected chi connectivity index (χ1v) is 6.05. The second-order valence-corrected chi connectivity index (χ2v) is 4.28. The van der Waals surface area contributed by atoms with Crippen LogP contribution in [0.15, 0.2) is 24.3 Å². The van der Waals surface area contributed by atoms with Crippen LogP contribution in [-0.2, 0) is 9.59 Å². The summed E-state index contributed by atoms with van der Waals surface area (Å²) in [5.74, 6) is 0.0519. The normalized spacial score (nSPS) is 14.2. The molecule has 5 nitrogen and oxygen atoms in total. The standard InChI is InChI=1S/C13H17N3O2.ClH/c1-14-9-12(17)15-10-4-2-5-11(8-10)16-7-3-6-13(16)18;/h2,4-5,8,14H,3,6-7,9H2,1H3,(H,15,17);1H. The predicted molar refractivity (Wildman–Crippen MR) is 77.8 cm³/mol. The lowest BCUT2D eigenvalue weighted by Gasteiger charge is -2.16. The lowest BCUT2D eigenvalue weighted by molar-refractivity contribution is -0.117. The lowest BCUT2D eigenvalue weighted by Crippen LogP contribution is -2.26. The second kappa shape index (κ2) is 7.11. The van der Waals surface area contributed by atoms with E-state index in [0.717, 1.165) is 18.7 Å². The van der Waals surface area contributed by atoms with E-state index in [-0.39, 0.29) is 30.8 Å². The topological polar surface area (TPSA) is 61.4 Å². The average molecular weight is 284 g/mol. The first kappa shape index (κ1) is 15.5. The summed E-state index contributed by atoms with van der Waals surface area (Å²) in [6, 6.07) is 7.38. The van der Waals surface area contributed by atoms with Gasteiger partial charge in [-0.25, -0.2) is 0 Å². The number of amides is 2. The zero-order valence-corrected chi connectivity index (χ0v) is 11.6. The average Bonchev–Trinajstić information content (AvgIpc) is 2.76. The number of likely N-dealkylation sites (N-methyl/N-ethyl adjacent to an activating group) is 1. The SMILES string of the molecule is CNCC(=O)Nc1cccc(N2CCCC2=O)c1.Cl. The quantitative estimate of drug-likeness (QED) is 0.878. The fraction of sp³-hybridized carbons (Fsp3) is 0.385. The maximum absolute atomic E-state index is 11.6. The Kier molecular flexibility index (Phi) is 5.79. The van der Waals surface area contributed by atoms with Gasteiger partial charge < -0.3 is 15.5 Å². The number of carbonyl (C=O) groups is 2. The van der Waals surface area contributed by atoms with Crippen LogP contribution in [0.5, 0.6) is 0 Å². The summed E-state index contributed by atoms with van der Waals surface area (Å²) in [5.41, 5.74) is 1.56. The Hall–Kier alpha value is -1.59. The zero-order valence-electron chi connectivity index (χ0n) is 10.8. The number of anilines is 2. The van der Waals surface area contributed by atoms with Gasteiger partial charge >= 0.3 is 0 Å². The molecule has 1 aromatic carbocycles. The fourth-order valence-electron chi connectivity index (χ4n) is 2.04. The number of hydrogen-bond acceptors (Lipinski definition) is 3. The summed E-state index contributed by atoms with van der Waals surface area (Å²) < 4.78 is 0. The van der Waals surface area contributed by atoms with Crippen molar-refractivity contribution in [2.45, 2.75) is 12.8 Å². The van der Waals surface area contributed by atoms with Crippen LogP contribution in [0.2, 0.25) is 0 Å². The van der Waals surface area contributed by atoms with E-state index in [1.807, 2.05) is 24.3 Å². The molecular weight excluding hydrogens is 266 g/mol. The molecular formula is C13H18ClN3O2. The number of nitrogens with one attached hydrogen (secondary N) is 2. The van der Waals surface area contributed by atoms with Gasteiger partial charge in [0.1, 0.15) is 0 Å². The van der Waals surface area contributed by atoms with Crippen molar-refractivity contribution in [3.05, 3.63) is 24.3 Å². The minimum Gasteiger partial charge on any atom is -0.325 e. The molecule has 104 valence electrons. The van der Waals surface area contributed by atoms with Crippen LogP contribution in [0.3, 0.4) is 0 Å². The van der Waals surface area contributed by atoms with Gasteiger partial charge in [0.15, 0.2) is 0 Å². The van der Waals surface area contributed by atoms with Gasteiger partial charge in [-0.05, 0) is 31.7 Å². The fourth-order valence-corrected chi connectivity index (χ4v) is 2.04. The van der Waals surface area contributed by atoms with E-state index in [9.17, 15) is 9.59 Å². The Morgan fingerprint density at radius 2 is 2.21 bits per heavy atom. The van der Waals surface area contributed by atoms with Gasteiger partial charge in [-0.15, -0.1) is 12.4 Å². The first-order chi connectivity index (χ1) is 8.70. The van der Waals surface area contributed by atoms with Crippen molar-refractivity contribution in [2.24, 2.45) is 0 Å². The van der Waals surface area contributed by atoms with Crippen molar-refractivity contribution in [3.8, 4) is 0 Å². The van der Waals surface area contributed by atoms with Crippen LogP contribution in [0.4, 0.5) is 11.4 Å². The number of nitrogens with zero attached hydrogens (tertiary/aromatic N) is 1. The zero-order chi connectivity index (χ0) is 13.0. The largest absolute Gasteiger partial charge is 0.325 e.